The third-order valence-electron chi connectivity index (χ3n) is 2.17. The third-order valence-corrected chi connectivity index (χ3v) is 2.26. The molecule has 0 atom stereocenters. The Labute approximate surface area is 115 Å². The zero-order valence-electron chi connectivity index (χ0n) is 10.3. The van der Waals surface area contributed by atoms with Gasteiger partial charge in [0.1, 0.15) is 5.56 Å². The van der Waals surface area contributed by atoms with Crippen LogP contribution in [0.4, 0.5) is 0 Å². The third kappa shape index (κ3) is 3.55. The van der Waals surface area contributed by atoms with Gasteiger partial charge in [0.15, 0.2) is 16.6 Å². The Morgan fingerprint density at radius 3 is 2.63 bits per heavy atom. The van der Waals surface area contributed by atoms with Crippen LogP contribution in [-0.2, 0) is 0 Å². The van der Waals surface area contributed by atoms with Gasteiger partial charge in [-0.15, -0.1) is 0 Å². The van der Waals surface area contributed by atoms with Crippen LogP contribution in [0.25, 0.3) is 0 Å². The number of carboxylic acids is 1. The van der Waals surface area contributed by atoms with Crippen molar-refractivity contribution in [2.45, 2.75) is 0 Å². The summed E-state index contributed by atoms with van der Waals surface area (Å²) in [7, 11) is 2.78. The van der Waals surface area contributed by atoms with Gasteiger partial charge in [0.05, 0.1) is 20.4 Å². The number of benzene rings is 1. The molecular weight excluding hydrogens is 270 g/mol. The number of hydrogen-bond acceptors (Lipinski definition) is 5. The topological polar surface area (TPSA) is 106 Å². The molecule has 1 aromatic carbocycles. The second-order valence-corrected chi connectivity index (χ2v) is 3.74. The van der Waals surface area contributed by atoms with Crippen molar-refractivity contribution in [2.75, 3.05) is 14.2 Å². The van der Waals surface area contributed by atoms with E-state index in [-0.39, 0.29) is 16.4 Å². The monoisotopic (exact) mass is 283 g/mol. The Morgan fingerprint density at radius 2 is 2.16 bits per heavy atom. The highest BCUT2D eigenvalue weighted by Crippen LogP contribution is 2.32. The lowest BCUT2D eigenvalue weighted by molar-refractivity contribution is 0.0692. The highest BCUT2D eigenvalue weighted by molar-refractivity contribution is 7.80. The average Bonchev–Trinajstić information content (AvgIpc) is 2.37. The molecule has 0 bridgehead atoms. The molecular formula is C11H13N3O4S. The lowest BCUT2D eigenvalue weighted by Gasteiger charge is -2.12. The van der Waals surface area contributed by atoms with Crippen molar-refractivity contribution in [1.82, 2.24) is 5.43 Å². The minimum atomic E-state index is -1.16. The van der Waals surface area contributed by atoms with E-state index in [4.69, 9.17) is 15.2 Å². The maximum Gasteiger partial charge on any atom is 0.340 e. The first-order valence-corrected chi connectivity index (χ1v) is 5.48. The van der Waals surface area contributed by atoms with E-state index in [1.807, 2.05) is 0 Å². The molecule has 0 unspecified atom stereocenters. The lowest BCUT2D eigenvalue weighted by Crippen LogP contribution is -2.24. The van der Waals surface area contributed by atoms with E-state index in [2.05, 4.69) is 22.7 Å². The van der Waals surface area contributed by atoms with E-state index >= 15 is 0 Å². The van der Waals surface area contributed by atoms with E-state index in [1.54, 1.807) is 6.07 Å². The van der Waals surface area contributed by atoms with Gasteiger partial charge in [-0.2, -0.15) is 5.10 Å². The molecule has 19 heavy (non-hydrogen) atoms. The zero-order valence-corrected chi connectivity index (χ0v) is 11.2. The Morgan fingerprint density at radius 1 is 1.47 bits per heavy atom. The maximum atomic E-state index is 11.3. The van der Waals surface area contributed by atoms with E-state index in [0.29, 0.717) is 11.3 Å². The van der Waals surface area contributed by atoms with Crippen molar-refractivity contribution < 1.29 is 19.4 Å². The molecule has 8 heteroatoms. The molecule has 0 aliphatic rings. The number of methoxy groups -OCH3 is 2. The molecule has 4 N–H and O–H groups in total. The fraction of sp³-hybridized carbons (Fsp3) is 0.182. The summed E-state index contributed by atoms with van der Waals surface area (Å²) in [5, 5.41) is 12.9. The standard InChI is InChI=1S/C11H13N3O4S/c1-17-7-4-3-6(5-13-14-11(12)19)8(10(15)16)9(7)18-2/h3-5H,1-2H3,(H,15,16)(H3,12,14,19)/b13-5-. The van der Waals surface area contributed by atoms with Crippen LogP contribution in [0.1, 0.15) is 15.9 Å². The van der Waals surface area contributed by atoms with Crippen molar-refractivity contribution in [3.05, 3.63) is 23.3 Å². The Kier molecular flexibility index (Phi) is 5.07. The minimum Gasteiger partial charge on any atom is -0.493 e. The predicted octanol–water partition coefficient (Wildman–Crippen LogP) is 0.569. The number of carbonyl (C=O) groups is 1. The first-order chi connectivity index (χ1) is 9.01. The van der Waals surface area contributed by atoms with Gasteiger partial charge in [-0.1, -0.05) is 0 Å². The first kappa shape index (κ1) is 14.7. The number of nitrogens with two attached hydrogens (primary N) is 1. The van der Waals surface area contributed by atoms with Gasteiger partial charge in [-0.25, -0.2) is 4.79 Å². The second kappa shape index (κ2) is 6.55. The van der Waals surface area contributed by atoms with Crippen LogP contribution in [-0.4, -0.2) is 36.6 Å². The van der Waals surface area contributed by atoms with Crippen molar-refractivity contribution in [3.63, 3.8) is 0 Å². The fourth-order valence-electron chi connectivity index (χ4n) is 1.44. The van der Waals surface area contributed by atoms with Gasteiger partial charge < -0.3 is 20.3 Å². The fourth-order valence-corrected chi connectivity index (χ4v) is 1.49. The average molecular weight is 283 g/mol. The maximum absolute atomic E-state index is 11.3. The molecule has 0 amide bonds. The highest BCUT2D eigenvalue weighted by atomic mass is 32.1. The molecule has 0 radical (unpaired) electrons. The number of hydrogen-bond donors (Lipinski definition) is 3. The van der Waals surface area contributed by atoms with Crippen molar-refractivity contribution in [3.8, 4) is 11.5 Å². The summed E-state index contributed by atoms with van der Waals surface area (Å²) in [4.78, 5) is 11.3. The van der Waals surface area contributed by atoms with E-state index in [9.17, 15) is 9.90 Å². The lowest BCUT2D eigenvalue weighted by atomic mass is 10.1. The molecule has 1 aromatic rings. The second-order valence-electron chi connectivity index (χ2n) is 3.30. The molecule has 0 aliphatic heterocycles. The molecule has 0 aliphatic carbocycles. The number of hydrazone groups is 1. The number of ether oxygens (including phenoxy) is 2. The molecule has 1 rings (SSSR count). The van der Waals surface area contributed by atoms with Crippen LogP contribution in [0.5, 0.6) is 11.5 Å². The van der Waals surface area contributed by atoms with Gasteiger partial charge in [-0.05, 0) is 24.4 Å². The normalized spacial score (nSPS) is 10.2. The number of carboxylic acid groups (broad SMARTS) is 1. The van der Waals surface area contributed by atoms with Crippen LogP contribution in [0, 0.1) is 0 Å². The largest absolute Gasteiger partial charge is 0.493 e. The van der Waals surface area contributed by atoms with Crippen molar-refractivity contribution in [1.29, 1.82) is 0 Å². The van der Waals surface area contributed by atoms with Crippen molar-refractivity contribution in [2.24, 2.45) is 10.8 Å². The Bertz CT molecular complexity index is 531. The zero-order chi connectivity index (χ0) is 14.4. The number of rotatable bonds is 5. The van der Waals surface area contributed by atoms with Crippen LogP contribution >= 0.6 is 12.2 Å². The van der Waals surface area contributed by atoms with Crippen LogP contribution < -0.4 is 20.6 Å². The SMILES string of the molecule is COc1ccc(/C=N\NC(N)=S)c(C(=O)O)c1OC. The summed E-state index contributed by atoms with van der Waals surface area (Å²) >= 11 is 4.58. The molecule has 0 aromatic heterocycles. The molecule has 0 fully saturated rings. The molecule has 102 valence electrons. The van der Waals surface area contributed by atoms with E-state index in [1.165, 1.54) is 26.5 Å². The van der Waals surface area contributed by atoms with Crippen LogP contribution in [0.15, 0.2) is 17.2 Å². The van der Waals surface area contributed by atoms with E-state index in [0.717, 1.165) is 0 Å². The summed E-state index contributed by atoms with van der Waals surface area (Å²) < 4.78 is 10.1. The smallest absolute Gasteiger partial charge is 0.340 e. The van der Waals surface area contributed by atoms with Crippen LogP contribution in [0.2, 0.25) is 0 Å². The quantitative estimate of drug-likeness (QED) is 0.412. The molecule has 0 saturated heterocycles. The Hall–Kier alpha value is -2.35. The summed E-state index contributed by atoms with van der Waals surface area (Å²) in [5.41, 5.74) is 7.81. The molecule has 0 spiro atoms. The van der Waals surface area contributed by atoms with Gasteiger partial charge in [0.25, 0.3) is 0 Å². The summed E-state index contributed by atoms with van der Waals surface area (Å²) in [6.07, 6.45) is 1.28. The van der Waals surface area contributed by atoms with Gasteiger partial charge in [0, 0.05) is 5.56 Å². The minimum absolute atomic E-state index is 0.0198. The molecule has 0 saturated carbocycles. The summed E-state index contributed by atoms with van der Waals surface area (Å²) in [6.45, 7) is 0. The van der Waals surface area contributed by atoms with E-state index < -0.39 is 5.97 Å². The molecule has 7 nitrogen and oxygen atoms in total. The number of aromatic carboxylic acids is 1. The summed E-state index contributed by atoms with van der Waals surface area (Å²) in [5.74, 6) is -0.721. The van der Waals surface area contributed by atoms with Crippen molar-refractivity contribution >= 4 is 29.5 Å². The van der Waals surface area contributed by atoms with Gasteiger partial charge in [0.2, 0.25) is 0 Å². The van der Waals surface area contributed by atoms with Gasteiger partial charge in [-0.3, -0.25) is 5.43 Å². The van der Waals surface area contributed by atoms with Gasteiger partial charge >= 0.3 is 5.97 Å². The molecule has 0 heterocycles. The first-order valence-electron chi connectivity index (χ1n) is 5.08. The van der Waals surface area contributed by atoms with Crippen LogP contribution in [0.3, 0.4) is 0 Å². The number of nitrogens with zero attached hydrogens (tertiary/aromatic N) is 1. The highest BCUT2D eigenvalue weighted by Gasteiger charge is 2.19. The summed E-state index contributed by atoms with van der Waals surface area (Å²) in [6, 6.07) is 3.11. The predicted molar refractivity (Wildman–Crippen MR) is 74.0 cm³/mol. The number of thiocarbonyl (C=S) groups is 1. The Balaban J connectivity index is 3.28. The number of nitrogens with one attached hydrogen (secondary N) is 1.